The monoisotopic (exact) mass is 370 g/mol. The number of carbonyl (C=O) groups is 1. The highest BCUT2D eigenvalue weighted by atomic mass is 35.5. The van der Waals surface area contributed by atoms with Crippen LogP contribution in [0.5, 0.6) is 0 Å². The molecule has 1 aromatic carbocycles. The third-order valence-corrected chi connectivity index (χ3v) is 4.10. The number of carbonyl (C=O) groups excluding carboxylic acids is 1. The van der Waals surface area contributed by atoms with Crippen molar-refractivity contribution in [3.05, 3.63) is 33.8 Å². The van der Waals surface area contributed by atoms with Gasteiger partial charge in [-0.25, -0.2) is 0 Å². The minimum absolute atomic E-state index is 0.184. The molecule has 128 valence electrons. The van der Waals surface area contributed by atoms with Gasteiger partial charge in [-0.1, -0.05) is 29.3 Å². The van der Waals surface area contributed by atoms with Gasteiger partial charge >= 0.3 is 12.1 Å². The molecule has 0 saturated carbocycles. The van der Waals surface area contributed by atoms with Crippen molar-refractivity contribution in [2.45, 2.75) is 18.8 Å². The number of amides is 1. The molecule has 1 aromatic rings. The lowest BCUT2D eigenvalue weighted by atomic mass is 10.2. The van der Waals surface area contributed by atoms with Crippen molar-refractivity contribution in [2.24, 2.45) is 0 Å². The fourth-order valence-corrected chi connectivity index (χ4v) is 2.57. The molecule has 0 radical (unpaired) electrons. The van der Waals surface area contributed by atoms with Crippen LogP contribution in [0, 0.1) is 0 Å². The van der Waals surface area contributed by atoms with Crippen molar-refractivity contribution in [1.29, 1.82) is 0 Å². The van der Waals surface area contributed by atoms with E-state index in [1.807, 2.05) is 16.3 Å². The molecule has 1 aliphatic rings. The number of hydrogen-bond donors (Lipinski definition) is 1. The predicted molar refractivity (Wildman–Crippen MR) is 80.5 cm³/mol. The standard InChI is InChI=1S/C14H15Cl2F3N2O2/c15-11-2-1-9(5-12(11)16)7-21-3-4-23-10(8-21)6-20-13(22)14(17,18)19/h1-2,5,10H,3-4,6-8H2,(H,20,22)/t10-/m1/s1. The van der Waals surface area contributed by atoms with Gasteiger partial charge in [-0.15, -0.1) is 0 Å². The van der Waals surface area contributed by atoms with E-state index >= 15 is 0 Å². The second-order valence-corrected chi connectivity index (χ2v) is 6.00. The Kier molecular flexibility index (Phi) is 6.13. The normalized spacial score (nSPS) is 19.6. The Morgan fingerprint density at radius 1 is 1.35 bits per heavy atom. The van der Waals surface area contributed by atoms with Gasteiger partial charge in [-0.3, -0.25) is 9.69 Å². The van der Waals surface area contributed by atoms with E-state index < -0.39 is 18.2 Å². The van der Waals surface area contributed by atoms with E-state index in [1.54, 1.807) is 12.1 Å². The Hall–Kier alpha value is -1.02. The van der Waals surface area contributed by atoms with Crippen LogP contribution >= 0.6 is 23.2 Å². The molecule has 1 heterocycles. The minimum Gasteiger partial charge on any atom is -0.374 e. The quantitative estimate of drug-likeness (QED) is 0.885. The Labute approximate surface area is 141 Å². The molecule has 0 bridgehead atoms. The van der Waals surface area contributed by atoms with E-state index in [2.05, 4.69) is 0 Å². The minimum atomic E-state index is -4.88. The third-order valence-electron chi connectivity index (χ3n) is 3.36. The number of alkyl halides is 3. The van der Waals surface area contributed by atoms with E-state index in [-0.39, 0.29) is 6.54 Å². The number of nitrogens with zero attached hydrogens (tertiary/aromatic N) is 1. The number of rotatable bonds is 4. The fourth-order valence-electron chi connectivity index (χ4n) is 2.25. The highest BCUT2D eigenvalue weighted by molar-refractivity contribution is 6.42. The zero-order valence-corrected chi connectivity index (χ0v) is 13.5. The number of morpholine rings is 1. The van der Waals surface area contributed by atoms with E-state index in [0.717, 1.165) is 5.56 Å². The van der Waals surface area contributed by atoms with Crippen LogP contribution < -0.4 is 5.32 Å². The maximum Gasteiger partial charge on any atom is 0.471 e. The Morgan fingerprint density at radius 3 is 2.74 bits per heavy atom. The van der Waals surface area contributed by atoms with Crippen LogP contribution in [0.4, 0.5) is 13.2 Å². The lowest BCUT2D eigenvalue weighted by Crippen LogP contribution is -2.49. The highest BCUT2D eigenvalue weighted by Gasteiger charge is 2.38. The summed E-state index contributed by atoms with van der Waals surface area (Å²) in [6.45, 7) is 1.83. The molecule has 1 fully saturated rings. The molecule has 1 atom stereocenters. The topological polar surface area (TPSA) is 41.6 Å². The first-order valence-corrected chi connectivity index (χ1v) is 7.64. The summed E-state index contributed by atoms with van der Waals surface area (Å²) in [6, 6.07) is 5.28. The zero-order valence-electron chi connectivity index (χ0n) is 12.0. The summed E-state index contributed by atoms with van der Waals surface area (Å²) < 4.78 is 41.8. The van der Waals surface area contributed by atoms with Crippen molar-refractivity contribution in [3.63, 3.8) is 0 Å². The average molecular weight is 371 g/mol. The first kappa shape index (κ1) is 18.3. The summed E-state index contributed by atoms with van der Waals surface area (Å²) in [4.78, 5) is 12.8. The molecule has 1 aliphatic heterocycles. The van der Waals surface area contributed by atoms with Crippen LogP contribution in [0.25, 0.3) is 0 Å². The number of nitrogens with one attached hydrogen (secondary N) is 1. The number of ether oxygens (including phenoxy) is 1. The van der Waals surface area contributed by atoms with Crippen LogP contribution in [0.1, 0.15) is 5.56 Å². The molecule has 0 aliphatic carbocycles. The molecule has 1 saturated heterocycles. The van der Waals surface area contributed by atoms with Crippen LogP contribution in [-0.4, -0.2) is 49.3 Å². The maximum atomic E-state index is 12.2. The van der Waals surface area contributed by atoms with E-state index in [0.29, 0.717) is 36.3 Å². The number of hydrogen-bond acceptors (Lipinski definition) is 3. The molecule has 0 unspecified atom stereocenters. The molecule has 0 spiro atoms. The summed E-state index contributed by atoms with van der Waals surface area (Å²) in [5.74, 6) is -1.96. The molecule has 2 rings (SSSR count). The zero-order chi connectivity index (χ0) is 17.0. The highest BCUT2D eigenvalue weighted by Crippen LogP contribution is 2.23. The fraction of sp³-hybridized carbons (Fsp3) is 0.500. The summed E-state index contributed by atoms with van der Waals surface area (Å²) in [6.07, 6.45) is -5.37. The van der Waals surface area contributed by atoms with Crippen LogP contribution in [0.15, 0.2) is 18.2 Å². The average Bonchev–Trinajstić information content (AvgIpc) is 2.48. The number of halogens is 5. The van der Waals surface area contributed by atoms with E-state index in [9.17, 15) is 18.0 Å². The summed E-state index contributed by atoms with van der Waals surface area (Å²) >= 11 is 11.8. The second-order valence-electron chi connectivity index (χ2n) is 5.18. The van der Waals surface area contributed by atoms with Gasteiger partial charge in [0.15, 0.2) is 0 Å². The summed E-state index contributed by atoms with van der Waals surface area (Å²) in [5, 5.41) is 2.75. The summed E-state index contributed by atoms with van der Waals surface area (Å²) in [5.41, 5.74) is 0.944. The van der Waals surface area contributed by atoms with E-state index in [4.69, 9.17) is 27.9 Å². The van der Waals surface area contributed by atoms with Crippen molar-refractivity contribution in [1.82, 2.24) is 10.2 Å². The second kappa shape index (κ2) is 7.70. The Morgan fingerprint density at radius 2 is 2.09 bits per heavy atom. The molecule has 0 aromatic heterocycles. The van der Waals surface area contributed by atoms with Gasteiger partial charge in [0.2, 0.25) is 0 Å². The SMILES string of the molecule is O=C(NC[C@@H]1CN(Cc2ccc(Cl)c(Cl)c2)CCO1)C(F)(F)F. The molecule has 4 nitrogen and oxygen atoms in total. The first-order chi connectivity index (χ1) is 10.8. The van der Waals surface area contributed by atoms with Crippen LogP contribution in [-0.2, 0) is 16.1 Å². The van der Waals surface area contributed by atoms with Gasteiger partial charge in [-0.2, -0.15) is 13.2 Å². The van der Waals surface area contributed by atoms with Crippen molar-refractivity contribution >= 4 is 29.1 Å². The maximum absolute atomic E-state index is 12.2. The van der Waals surface area contributed by atoms with Crippen LogP contribution in [0.2, 0.25) is 10.0 Å². The molecule has 1 amide bonds. The van der Waals surface area contributed by atoms with Gasteiger partial charge in [-0.05, 0) is 17.7 Å². The lowest BCUT2D eigenvalue weighted by molar-refractivity contribution is -0.174. The lowest BCUT2D eigenvalue weighted by Gasteiger charge is -2.33. The van der Waals surface area contributed by atoms with Gasteiger partial charge in [0.1, 0.15) is 0 Å². The molecule has 1 N–H and O–H groups in total. The third kappa shape index (κ3) is 5.53. The van der Waals surface area contributed by atoms with Crippen LogP contribution in [0.3, 0.4) is 0 Å². The van der Waals surface area contributed by atoms with Crippen molar-refractivity contribution in [2.75, 3.05) is 26.2 Å². The molecular formula is C14H15Cl2F3N2O2. The molecular weight excluding hydrogens is 356 g/mol. The van der Waals surface area contributed by atoms with Gasteiger partial charge in [0.05, 0.1) is 22.8 Å². The van der Waals surface area contributed by atoms with Crippen molar-refractivity contribution < 1.29 is 22.7 Å². The van der Waals surface area contributed by atoms with Gasteiger partial charge < -0.3 is 10.1 Å². The number of benzene rings is 1. The summed E-state index contributed by atoms with van der Waals surface area (Å²) in [7, 11) is 0. The Bertz CT molecular complexity index is 569. The van der Waals surface area contributed by atoms with Crippen molar-refractivity contribution in [3.8, 4) is 0 Å². The Balaban J connectivity index is 1.85. The predicted octanol–water partition coefficient (Wildman–Crippen LogP) is 2.87. The van der Waals surface area contributed by atoms with Gasteiger partial charge in [0.25, 0.3) is 0 Å². The van der Waals surface area contributed by atoms with Gasteiger partial charge in [0, 0.05) is 26.2 Å². The smallest absolute Gasteiger partial charge is 0.374 e. The van der Waals surface area contributed by atoms with E-state index in [1.165, 1.54) is 0 Å². The first-order valence-electron chi connectivity index (χ1n) is 6.88. The molecule has 9 heteroatoms. The molecule has 23 heavy (non-hydrogen) atoms. The largest absolute Gasteiger partial charge is 0.471 e.